The van der Waals surface area contributed by atoms with Crippen LogP contribution >= 0.6 is 23.4 Å². The highest BCUT2D eigenvalue weighted by Crippen LogP contribution is 2.37. The van der Waals surface area contributed by atoms with Gasteiger partial charge in [0.15, 0.2) is 4.83 Å². The maximum atomic E-state index is 5.74. The van der Waals surface area contributed by atoms with E-state index >= 15 is 0 Å². The van der Waals surface area contributed by atoms with Crippen LogP contribution in [0.4, 0.5) is 0 Å². The van der Waals surface area contributed by atoms with E-state index in [1.807, 2.05) is 6.21 Å². The van der Waals surface area contributed by atoms with E-state index in [0.717, 1.165) is 6.42 Å². The minimum absolute atomic E-state index is 0.0463. The molecule has 0 saturated heterocycles. The average molecular weight is 164 g/mol. The normalized spacial score (nSPS) is 41.9. The molecule has 0 spiro atoms. The van der Waals surface area contributed by atoms with Gasteiger partial charge in [-0.25, -0.2) is 0 Å². The first-order valence-electron chi connectivity index (χ1n) is 3.02. The average Bonchev–Trinajstić information content (AvgIpc) is 2.13. The van der Waals surface area contributed by atoms with E-state index in [1.165, 1.54) is 0 Å². The summed E-state index contributed by atoms with van der Waals surface area (Å²) < 4.78 is 0.201. The molecule has 0 bridgehead atoms. The summed E-state index contributed by atoms with van der Waals surface area (Å²) in [5.74, 6) is 0. The van der Waals surface area contributed by atoms with Crippen LogP contribution in [0.2, 0.25) is 0 Å². The summed E-state index contributed by atoms with van der Waals surface area (Å²) in [6.45, 7) is 4.30. The third-order valence-electron chi connectivity index (χ3n) is 1.53. The van der Waals surface area contributed by atoms with E-state index in [4.69, 9.17) is 11.6 Å². The van der Waals surface area contributed by atoms with Crippen molar-refractivity contribution in [2.75, 3.05) is 0 Å². The zero-order chi connectivity index (χ0) is 6.91. The lowest BCUT2D eigenvalue weighted by Crippen LogP contribution is -2.16. The topological polar surface area (TPSA) is 12.4 Å². The van der Waals surface area contributed by atoms with Crippen molar-refractivity contribution in [3.63, 3.8) is 0 Å². The Balaban J connectivity index is 2.57. The smallest absolute Gasteiger partial charge is 0.169 e. The zero-order valence-electron chi connectivity index (χ0n) is 5.60. The van der Waals surface area contributed by atoms with Crippen LogP contribution in [0, 0.1) is 0 Å². The van der Waals surface area contributed by atoms with Crippen LogP contribution in [0.3, 0.4) is 0 Å². The lowest BCUT2D eigenvalue weighted by molar-refractivity contribution is 0.818. The lowest BCUT2D eigenvalue weighted by Gasteiger charge is -2.16. The molecule has 0 aromatic rings. The predicted octanol–water partition coefficient (Wildman–Crippen LogP) is 2.50. The Hall–Kier alpha value is 0.310. The van der Waals surface area contributed by atoms with Crippen molar-refractivity contribution in [2.45, 2.75) is 29.8 Å². The molecule has 2 unspecified atom stereocenters. The number of aliphatic imine (C=N–C) groups is 1. The largest absolute Gasteiger partial charge is 0.266 e. The molecular weight excluding hydrogens is 154 g/mol. The standard InChI is InChI=1S/C6H10ClNS/c1-3-6(2)4-8-5(7)9-6/h4-5H,3H2,1-2H3. The van der Waals surface area contributed by atoms with Crippen LogP contribution in [-0.2, 0) is 0 Å². The van der Waals surface area contributed by atoms with E-state index in [2.05, 4.69) is 18.8 Å². The molecule has 52 valence electrons. The number of hydrogen-bond acceptors (Lipinski definition) is 2. The van der Waals surface area contributed by atoms with Gasteiger partial charge in [-0.2, -0.15) is 0 Å². The van der Waals surface area contributed by atoms with Crippen LogP contribution in [0.15, 0.2) is 4.99 Å². The second kappa shape index (κ2) is 2.51. The molecule has 1 rings (SSSR count). The van der Waals surface area contributed by atoms with Gasteiger partial charge in [-0.15, -0.1) is 11.8 Å². The van der Waals surface area contributed by atoms with Gasteiger partial charge >= 0.3 is 0 Å². The van der Waals surface area contributed by atoms with E-state index in [-0.39, 0.29) is 9.58 Å². The third kappa shape index (κ3) is 1.62. The molecule has 3 heteroatoms. The van der Waals surface area contributed by atoms with Crippen LogP contribution in [0.5, 0.6) is 0 Å². The second-order valence-electron chi connectivity index (χ2n) is 2.35. The molecule has 0 aliphatic carbocycles. The third-order valence-corrected chi connectivity index (χ3v) is 3.16. The van der Waals surface area contributed by atoms with E-state index in [0.29, 0.717) is 0 Å². The Morgan fingerprint density at radius 2 is 2.56 bits per heavy atom. The van der Waals surface area contributed by atoms with Crippen molar-refractivity contribution in [1.29, 1.82) is 0 Å². The van der Waals surface area contributed by atoms with Gasteiger partial charge in [0.25, 0.3) is 0 Å². The molecule has 0 N–H and O–H groups in total. The highest BCUT2D eigenvalue weighted by atomic mass is 35.5. The van der Waals surface area contributed by atoms with Gasteiger partial charge in [-0.3, -0.25) is 4.99 Å². The monoisotopic (exact) mass is 163 g/mol. The molecule has 0 fully saturated rings. The molecule has 1 aliphatic rings. The van der Waals surface area contributed by atoms with Crippen LogP contribution in [0.1, 0.15) is 20.3 Å². The van der Waals surface area contributed by atoms with Crippen molar-refractivity contribution in [3.05, 3.63) is 0 Å². The number of halogens is 1. The van der Waals surface area contributed by atoms with Crippen LogP contribution < -0.4 is 0 Å². The van der Waals surface area contributed by atoms with Gasteiger partial charge in [0, 0.05) is 6.21 Å². The molecule has 2 atom stereocenters. The first kappa shape index (κ1) is 7.42. The molecule has 0 amide bonds. The van der Waals surface area contributed by atoms with Gasteiger partial charge in [0.1, 0.15) is 0 Å². The Kier molecular flexibility index (Phi) is 2.07. The zero-order valence-corrected chi connectivity index (χ0v) is 7.17. The fourth-order valence-electron chi connectivity index (χ4n) is 0.674. The Morgan fingerprint density at radius 3 is 2.78 bits per heavy atom. The molecule has 1 heterocycles. The predicted molar refractivity (Wildman–Crippen MR) is 44.4 cm³/mol. The van der Waals surface area contributed by atoms with Gasteiger partial charge < -0.3 is 0 Å². The van der Waals surface area contributed by atoms with Crippen molar-refractivity contribution in [2.24, 2.45) is 4.99 Å². The number of nitrogens with zero attached hydrogens (tertiary/aromatic N) is 1. The van der Waals surface area contributed by atoms with Crippen molar-refractivity contribution >= 4 is 29.6 Å². The highest BCUT2D eigenvalue weighted by molar-refractivity contribution is 8.03. The summed E-state index contributed by atoms with van der Waals surface area (Å²) in [7, 11) is 0. The van der Waals surface area contributed by atoms with Gasteiger partial charge in [0.05, 0.1) is 4.75 Å². The first-order chi connectivity index (χ1) is 4.16. The Bertz CT molecular complexity index is 137. The Morgan fingerprint density at radius 1 is 1.89 bits per heavy atom. The van der Waals surface area contributed by atoms with Gasteiger partial charge in [-0.05, 0) is 13.3 Å². The molecule has 0 aromatic heterocycles. The van der Waals surface area contributed by atoms with Crippen molar-refractivity contribution in [3.8, 4) is 0 Å². The summed E-state index contributed by atoms with van der Waals surface area (Å²) in [4.78, 5) is 4.02. The Labute approximate surface area is 64.9 Å². The summed E-state index contributed by atoms with van der Waals surface area (Å²) >= 11 is 7.45. The van der Waals surface area contributed by atoms with Crippen molar-refractivity contribution < 1.29 is 0 Å². The number of alkyl halides is 1. The van der Waals surface area contributed by atoms with Gasteiger partial charge in [0.2, 0.25) is 0 Å². The molecular formula is C6H10ClNS. The minimum atomic E-state index is -0.0463. The fraction of sp³-hybridized carbons (Fsp3) is 0.833. The van der Waals surface area contributed by atoms with Crippen LogP contribution in [-0.4, -0.2) is 15.8 Å². The molecule has 0 saturated carbocycles. The molecule has 1 nitrogen and oxygen atoms in total. The molecule has 9 heavy (non-hydrogen) atoms. The molecule has 0 radical (unpaired) electrons. The summed E-state index contributed by atoms with van der Waals surface area (Å²) in [5.41, 5.74) is 0. The minimum Gasteiger partial charge on any atom is -0.266 e. The fourth-order valence-corrected chi connectivity index (χ4v) is 2.20. The van der Waals surface area contributed by atoms with Gasteiger partial charge in [-0.1, -0.05) is 18.5 Å². The SMILES string of the molecule is CCC1(C)C=NC(Cl)S1. The van der Waals surface area contributed by atoms with E-state index < -0.39 is 0 Å². The quantitative estimate of drug-likeness (QED) is 0.428. The van der Waals surface area contributed by atoms with Crippen LogP contribution in [0.25, 0.3) is 0 Å². The highest BCUT2D eigenvalue weighted by Gasteiger charge is 2.28. The lowest BCUT2D eigenvalue weighted by atomic mass is 10.1. The van der Waals surface area contributed by atoms with E-state index in [1.54, 1.807) is 11.8 Å². The van der Waals surface area contributed by atoms with E-state index in [9.17, 15) is 0 Å². The second-order valence-corrected chi connectivity index (χ2v) is 4.64. The first-order valence-corrected chi connectivity index (χ1v) is 4.34. The molecule has 0 aromatic carbocycles. The summed E-state index contributed by atoms with van der Waals surface area (Å²) in [6.07, 6.45) is 3.06. The number of thioether (sulfide) groups is 1. The molecule has 1 aliphatic heterocycles. The van der Waals surface area contributed by atoms with Crippen molar-refractivity contribution in [1.82, 2.24) is 0 Å². The maximum Gasteiger partial charge on any atom is 0.169 e. The summed E-state index contributed by atoms with van der Waals surface area (Å²) in [5, 5.41) is 0. The number of rotatable bonds is 1. The summed E-state index contributed by atoms with van der Waals surface area (Å²) in [6, 6.07) is 0. The number of hydrogen-bond donors (Lipinski definition) is 0. The maximum absolute atomic E-state index is 5.74.